The van der Waals surface area contributed by atoms with Crippen LogP contribution in [-0.4, -0.2) is 34.8 Å². The van der Waals surface area contributed by atoms with Gasteiger partial charge >= 0.3 is 0 Å². The standard InChI is InChI=1S/C24H24FN3O3/c25-20-10-6-17(7-11-20)14-22(29)26-15-18-4-8-19(9-5-18)23-27-21(16-31-23)24(30)28-12-2-1-3-13-28/h4-11,16H,1-3,12-15H2,(H,26,29). The van der Waals surface area contributed by atoms with Crippen molar-refractivity contribution in [1.29, 1.82) is 0 Å². The summed E-state index contributed by atoms with van der Waals surface area (Å²) in [5.41, 5.74) is 2.77. The Labute approximate surface area is 180 Å². The Morgan fingerprint density at radius 1 is 0.968 bits per heavy atom. The first-order chi connectivity index (χ1) is 15.1. The van der Waals surface area contributed by atoms with Crippen molar-refractivity contribution in [1.82, 2.24) is 15.2 Å². The third kappa shape index (κ3) is 5.36. The summed E-state index contributed by atoms with van der Waals surface area (Å²) in [6.07, 6.45) is 4.82. The van der Waals surface area contributed by atoms with Gasteiger partial charge in [0.15, 0.2) is 5.69 Å². The second-order valence-corrected chi connectivity index (χ2v) is 7.67. The highest BCUT2D eigenvalue weighted by molar-refractivity contribution is 5.92. The lowest BCUT2D eigenvalue weighted by Gasteiger charge is -2.25. The number of amides is 2. The summed E-state index contributed by atoms with van der Waals surface area (Å²) in [5.74, 6) is -0.148. The molecule has 1 aliphatic heterocycles. The van der Waals surface area contributed by atoms with Gasteiger partial charge in [0.2, 0.25) is 11.8 Å². The van der Waals surface area contributed by atoms with Gasteiger partial charge < -0.3 is 14.6 Å². The summed E-state index contributed by atoms with van der Waals surface area (Å²) in [6, 6.07) is 13.3. The Hall–Kier alpha value is -3.48. The van der Waals surface area contributed by atoms with E-state index in [1.165, 1.54) is 18.4 Å². The second-order valence-electron chi connectivity index (χ2n) is 7.67. The van der Waals surface area contributed by atoms with E-state index in [9.17, 15) is 14.0 Å². The fraction of sp³-hybridized carbons (Fsp3) is 0.292. The Kier molecular flexibility index (Phi) is 6.40. The summed E-state index contributed by atoms with van der Waals surface area (Å²) >= 11 is 0. The molecule has 2 aromatic carbocycles. The van der Waals surface area contributed by atoms with Crippen LogP contribution < -0.4 is 5.32 Å². The fourth-order valence-corrected chi connectivity index (χ4v) is 3.58. The molecule has 1 N–H and O–H groups in total. The van der Waals surface area contributed by atoms with E-state index in [1.807, 2.05) is 29.2 Å². The number of piperidine rings is 1. The Morgan fingerprint density at radius 2 is 1.65 bits per heavy atom. The Balaban J connectivity index is 1.32. The normalized spacial score (nSPS) is 13.8. The molecule has 160 valence electrons. The van der Waals surface area contributed by atoms with E-state index in [2.05, 4.69) is 10.3 Å². The van der Waals surface area contributed by atoms with Crippen molar-refractivity contribution < 1.29 is 18.4 Å². The Morgan fingerprint density at radius 3 is 2.35 bits per heavy atom. The van der Waals surface area contributed by atoms with E-state index in [1.54, 1.807) is 12.1 Å². The summed E-state index contributed by atoms with van der Waals surface area (Å²) < 4.78 is 18.5. The van der Waals surface area contributed by atoms with Crippen LogP contribution in [-0.2, 0) is 17.8 Å². The number of halogens is 1. The van der Waals surface area contributed by atoms with E-state index in [0.29, 0.717) is 18.1 Å². The maximum Gasteiger partial charge on any atom is 0.275 e. The van der Waals surface area contributed by atoms with Crippen LogP contribution >= 0.6 is 0 Å². The van der Waals surface area contributed by atoms with Gasteiger partial charge in [-0.25, -0.2) is 9.37 Å². The minimum absolute atomic E-state index is 0.0878. The van der Waals surface area contributed by atoms with Crippen LogP contribution in [0.2, 0.25) is 0 Å². The molecule has 31 heavy (non-hydrogen) atoms. The first kappa shape index (κ1) is 20.8. The molecule has 0 atom stereocenters. The smallest absolute Gasteiger partial charge is 0.275 e. The predicted octanol–water partition coefficient (Wildman–Crippen LogP) is 3.97. The van der Waals surface area contributed by atoms with Crippen LogP contribution in [0.25, 0.3) is 11.5 Å². The van der Waals surface area contributed by atoms with E-state index in [0.717, 1.165) is 49.0 Å². The van der Waals surface area contributed by atoms with Crippen molar-refractivity contribution in [2.75, 3.05) is 13.1 Å². The Bertz CT molecular complexity index is 1040. The van der Waals surface area contributed by atoms with Crippen molar-refractivity contribution in [3.05, 3.63) is 77.4 Å². The number of carbonyl (C=O) groups excluding carboxylic acids is 2. The SMILES string of the molecule is O=C(Cc1ccc(F)cc1)NCc1ccc(-c2nc(C(=O)N3CCCCC3)co2)cc1. The molecule has 2 amide bonds. The fourth-order valence-electron chi connectivity index (χ4n) is 3.58. The molecule has 0 aliphatic carbocycles. The lowest BCUT2D eigenvalue weighted by Crippen LogP contribution is -2.35. The van der Waals surface area contributed by atoms with Gasteiger partial charge in [-0.3, -0.25) is 9.59 Å². The first-order valence-corrected chi connectivity index (χ1v) is 10.4. The van der Waals surface area contributed by atoms with Crippen LogP contribution in [0.3, 0.4) is 0 Å². The minimum Gasteiger partial charge on any atom is -0.444 e. The highest BCUT2D eigenvalue weighted by Crippen LogP contribution is 2.21. The van der Waals surface area contributed by atoms with Gasteiger partial charge in [0, 0.05) is 25.2 Å². The molecular weight excluding hydrogens is 397 g/mol. The quantitative estimate of drug-likeness (QED) is 0.654. The molecule has 0 saturated carbocycles. The van der Waals surface area contributed by atoms with Crippen molar-refractivity contribution in [3.8, 4) is 11.5 Å². The highest BCUT2D eigenvalue weighted by Gasteiger charge is 2.21. The molecule has 0 bridgehead atoms. The van der Waals surface area contributed by atoms with Gasteiger partial charge in [0.25, 0.3) is 5.91 Å². The van der Waals surface area contributed by atoms with Crippen molar-refractivity contribution >= 4 is 11.8 Å². The number of rotatable bonds is 6. The number of benzene rings is 2. The largest absolute Gasteiger partial charge is 0.444 e. The first-order valence-electron chi connectivity index (χ1n) is 10.4. The number of likely N-dealkylation sites (tertiary alicyclic amines) is 1. The topological polar surface area (TPSA) is 75.4 Å². The number of oxazole rings is 1. The summed E-state index contributed by atoms with van der Waals surface area (Å²) in [5, 5.41) is 2.85. The van der Waals surface area contributed by atoms with Crippen LogP contribution in [0.5, 0.6) is 0 Å². The molecule has 6 nitrogen and oxygen atoms in total. The van der Waals surface area contributed by atoms with Crippen molar-refractivity contribution in [2.45, 2.75) is 32.2 Å². The average molecular weight is 421 g/mol. The molecule has 1 fully saturated rings. The van der Waals surface area contributed by atoms with Gasteiger partial charge in [-0.2, -0.15) is 0 Å². The molecule has 2 heterocycles. The number of aromatic nitrogens is 1. The summed E-state index contributed by atoms with van der Waals surface area (Å²) in [7, 11) is 0. The zero-order chi connectivity index (χ0) is 21.6. The molecule has 3 aromatic rings. The lowest BCUT2D eigenvalue weighted by molar-refractivity contribution is -0.120. The van der Waals surface area contributed by atoms with Gasteiger partial charge in [-0.1, -0.05) is 24.3 Å². The number of carbonyl (C=O) groups is 2. The lowest BCUT2D eigenvalue weighted by atomic mass is 10.1. The summed E-state index contributed by atoms with van der Waals surface area (Å²) in [4.78, 5) is 30.8. The van der Waals surface area contributed by atoms with Gasteiger partial charge in [0.05, 0.1) is 6.42 Å². The number of nitrogens with zero attached hydrogens (tertiary/aromatic N) is 2. The van der Waals surface area contributed by atoms with Crippen molar-refractivity contribution in [3.63, 3.8) is 0 Å². The minimum atomic E-state index is -0.321. The van der Waals surface area contributed by atoms with E-state index >= 15 is 0 Å². The zero-order valence-electron chi connectivity index (χ0n) is 17.1. The number of hydrogen-bond acceptors (Lipinski definition) is 4. The molecule has 1 saturated heterocycles. The van der Waals surface area contributed by atoms with Crippen LogP contribution in [0.1, 0.15) is 40.9 Å². The molecular formula is C24H24FN3O3. The van der Waals surface area contributed by atoms with Crippen LogP contribution in [0.4, 0.5) is 4.39 Å². The second kappa shape index (κ2) is 9.55. The molecule has 0 radical (unpaired) electrons. The highest BCUT2D eigenvalue weighted by atomic mass is 19.1. The van der Waals surface area contributed by atoms with E-state index in [4.69, 9.17) is 4.42 Å². The third-order valence-electron chi connectivity index (χ3n) is 5.34. The molecule has 1 aliphatic rings. The average Bonchev–Trinajstić information content (AvgIpc) is 3.30. The predicted molar refractivity (Wildman–Crippen MR) is 114 cm³/mol. The number of hydrogen-bond donors (Lipinski definition) is 1. The van der Waals surface area contributed by atoms with Gasteiger partial charge in [0.1, 0.15) is 12.1 Å². The van der Waals surface area contributed by atoms with Crippen LogP contribution in [0.15, 0.2) is 59.2 Å². The maximum atomic E-state index is 12.9. The van der Waals surface area contributed by atoms with Gasteiger partial charge in [-0.05, 0) is 54.7 Å². The van der Waals surface area contributed by atoms with Gasteiger partial charge in [-0.15, -0.1) is 0 Å². The maximum absolute atomic E-state index is 12.9. The third-order valence-corrected chi connectivity index (χ3v) is 5.34. The van der Waals surface area contributed by atoms with Crippen molar-refractivity contribution in [2.24, 2.45) is 0 Å². The van der Waals surface area contributed by atoms with Crippen LogP contribution in [0, 0.1) is 5.82 Å². The van der Waals surface area contributed by atoms with E-state index < -0.39 is 0 Å². The zero-order valence-corrected chi connectivity index (χ0v) is 17.1. The van der Waals surface area contributed by atoms with E-state index in [-0.39, 0.29) is 24.1 Å². The molecule has 0 spiro atoms. The molecule has 0 unspecified atom stereocenters. The molecule has 4 rings (SSSR count). The monoisotopic (exact) mass is 421 g/mol. The number of nitrogens with one attached hydrogen (secondary N) is 1. The molecule has 7 heteroatoms. The summed E-state index contributed by atoms with van der Waals surface area (Å²) in [6.45, 7) is 1.91. The molecule has 1 aromatic heterocycles.